The molecule has 0 unspecified atom stereocenters. The van der Waals surface area contributed by atoms with Gasteiger partial charge in [-0.25, -0.2) is 9.78 Å². The predicted molar refractivity (Wildman–Crippen MR) is 130 cm³/mol. The maximum absolute atomic E-state index is 12.4. The molecule has 3 heterocycles. The van der Waals surface area contributed by atoms with Gasteiger partial charge in [-0.3, -0.25) is 4.79 Å². The van der Waals surface area contributed by atoms with Gasteiger partial charge >= 0.3 is 5.97 Å². The maximum atomic E-state index is 12.4. The second-order valence-electron chi connectivity index (χ2n) is 8.84. The molecule has 33 heavy (non-hydrogen) atoms. The van der Waals surface area contributed by atoms with E-state index in [2.05, 4.69) is 22.3 Å². The number of fused-ring (bicyclic) bond motifs is 4. The van der Waals surface area contributed by atoms with Crippen LogP contribution in [-0.2, 0) is 9.53 Å². The van der Waals surface area contributed by atoms with Crippen LogP contribution in [-0.4, -0.2) is 36.6 Å². The van der Waals surface area contributed by atoms with Crippen molar-refractivity contribution in [1.29, 1.82) is 0 Å². The predicted octanol–water partition coefficient (Wildman–Crippen LogP) is 5.05. The molecule has 6 nitrogen and oxygen atoms in total. The highest BCUT2D eigenvalue weighted by molar-refractivity contribution is 6.03. The Kier molecular flexibility index (Phi) is 5.82. The lowest BCUT2D eigenvalue weighted by molar-refractivity contribution is -0.111. The summed E-state index contributed by atoms with van der Waals surface area (Å²) >= 11 is 0. The smallest absolute Gasteiger partial charge is 0.337 e. The molecule has 2 bridgehead atoms. The number of piperidine rings is 2. The molecule has 0 spiro atoms. The molecule has 2 aromatic carbocycles. The van der Waals surface area contributed by atoms with Gasteiger partial charge in [0, 0.05) is 29.7 Å². The molecule has 3 aromatic rings. The number of rotatable bonds is 5. The molecule has 1 saturated carbocycles. The minimum Gasteiger partial charge on any atom is -0.465 e. The van der Waals surface area contributed by atoms with Crippen LogP contribution in [0, 0.1) is 5.92 Å². The Morgan fingerprint density at radius 2 is 1.82 bits per heavy atom. The lowest BCUT2D eigenvalue weighted by Crippen LogP contribution is -2.48. The van der Waals surface area contributed by atoms with Crippen molar-refractivity contribution in [3.63, 3.8) is 0 Å². The van der Waals surface area contributed by atoms with Gasteiger partial charge in [-0.2, -0.15) is 0 Å². The number of aromatic nitrogens is 1. The first-order chi connectivity index (χ1) is 16.1. The monoisotopic (exact) mass is 441 g/mol. The third kappa shape index (κ3) is 4.60. The number of nitrogens with one attached hydrogen (secondary N) is 1. The number of carbonyl (C=O) groups excluding carboxylic acids is 2. The van der Waals surface area contributed by atoms with Gasteiger partial charge in [-0.05, 0) is 85.7 Å². The van der Waals surface area contributed by atoms with Gasteiger partial charge in [0.1, 0.15) is 5.82 Å². The summed E-state index contributed by atoms with van der Waals surface area (Å²) in [5, 5.41) is 3.91. The summed E-state index contributed by atoms with van der Waals surface area (Å²) in [6.07, 6.45) is 8.44. The number of hydrogen-bond donors (Lipinski definition) is 1. The fourth-order valence-corrected chi connectivity index (χ4v) is 4.90. The van der Waals surface area contributed by atoms with E-state index in [4.69, 9.17) is 9.72 Å². The van der Waals surface area contributed by atoms with E-state index in [1.54, 1.807) is 30.3 Å². The quantitative estimate of drug-likeness (QED) is 0.443. The van der Waals surface area contributed by atoms with Crippen LogP contribution in [0.25, 0.3) is 17.0 Å². The number of carbonyl (C=O) groups is 2. The first-order valence-corrected chi connectivity index (χ1v) is 11.4. The van der Waals surface area contributed by atoms with Crippen molar-refractivity contribution in [2.75, 3.05) is 23.9 Å². The molecule has 168 valence electrons. The molecule has 3 fully saturated rings. The highest BCUT2D eigenvalue weighted by Gasteiger charge is 2.34. The Labute approximate surface area is 193 Å². The highest BCUT2D eigenvalue weighted by atomic mass is 16.5. The summed E-state index contributed by atoms with van der Waals surface area (Å²) in [6.45, 7) is 1.12. The number of hydrogen-bond acceptors (Lipinski definition) is 5. The van der Waals surface area contributed by atoms with Gasteiger partial charge in [-0.1, -0.05) is 12.1 Å². The Balaban J connectivity index is 1.25. The van der Waals surface area contributed by atoms with E-state index in [9.17, 15) is 9.59 Å². The van der Waals surface area contributed by atoms with Crippen LogP contribution >= 0.6 is 0 Å². The molecule has 3 aliphatic rings. The largest absolute Gasteiger partial charge is 0.465 e. The summed E-state index contributed by atoms with van der Waals surface area (Å²) in [7, 11) is 1.35. The number of methoxy groups -OCH3 is 1. The number of nitrogens with zero attached hydrogens (tertiary/aromatic N) is 2. The lowest BCUT2D eigenvalue weighted by Gasteiger charge is -2.46. The second-order valence-corrected chi connectivity index (χ2v) is 8.84. The average molecular weight is 442 g/mol. The summed E-state index contributed by atoms with van der Waals surface area (Å²) in [4.78, 5) is 31.3. The van der Waals surface area contributed by atoms with E-state index < -0.39 is 0 Å². The number of amides is 1. The fourth-order valence-electron chi connectivity index (χ4n) is 4.90. The van der Waals surface area contributed by atoms with Crippen molar-refractivity contribution in [2.24, 2.45) is 5.92 Å². The van der Waals surface area contributed by atoms with Crippen LogP contribution in [0.1, 0.15) is 41.6 Å². The Morgan fingerprint density at radius 1 is 1.03 bits per heavy atom. The van der Waals surface area contributed by atoms with E-state index in [0.717, 1.165) is 40.4 Å². The Bertz CT molecular complexity index is 1210. The van der Waals surface area contributed by atoms with E-state index in [1.807, 2.05) is 18.2 Å². The molecular formula is C27H27N3O3. The standard InChI is InChI=1S/C27H27N3O3/c1-33-27(32)20-7-2-18(3-8-20)6-15-26(31)28-22-10-13-24-21(16-22)9-14-25(29-24)30-17-19-4-11-23(30)12-5-19/h2-3,6-10,13-16,19,23H,4-5,11-12,17H2,1H3,(H,28,31)/b15-6+. The zero-order chi connectivity index (χ0) is 22.8. The third-order valence-electron chi connectivity index (χ3n) is 6.71. The molecule has 0 atom stereocenters. The minimum atomic E-state index is -0.385. The van der Waals surface area contributed by atoms with E-state index in [-0.39, 0.29) is 11.9 Å². The third-order valence-corrected chi connectivity index (χ3v) is 6.71. The van der Waals surface area contributed by atoms with Crippen molar-refractivity contribution in [3.05, 3.63) is 71.8 Å². The number of benzene rings is 2. The fraction of sp³-hybridized carbons (Fsp3) is 0.296. The normalized spacial score (nSPS) is 19.7. The van der Waals surface area contributed by atoms with Crippen LogP contribution in [0.3, 0.4) is 0 Å². The SMILES string of the molecule is COC(=O)c1ccc(/C=C/C(=O)Nc2ccc3nc(N4CC5CCC4CC5)ccc3c2)cc1. The molecule has 6 heteroatoms. The van der Waals surface area contributed by atoms with Crippen molar-refractivity contribution in [3.8, 4) is 0 Å². The highest BCUT2D eigenvalue weighted by Crippen LogP contribution is 2.37. The Hall–Kier alpha value is -3.67. The Morgan fingerprint density at radius 3 is 2.52 bits per heavy atom. The molecular weight excluding hydrogens is 414 g/mol. The first kappa shape index (κ1) is 21.2. The molecule has 2 aliphatic heterocycles. The van der Waals surface area contributed by atoms with Crippen molar-refractivity contribution in [1.82, 2.24) is 4.98 Å². The van der Waals surface area contributed by atoms with Crippen LogP contribution in [0.15, 0.2) is 60.7 Å². The minimum absolute atomic E-state index is 0.222. The molecule has 2 saturated heterocycles. The van der Waals surface area contributed by atoms with Gasteiger partial charge < -0.3 is 15.0 Å². The zero-order valence-electron chi connectivity index (χ0n) is 18.7. The summed E-state index contributed by atoms with van der Waals surface area (Å²) in [5.74, 6) is 1.27. The summed E-state index contributed by atoms with van der Waals surface area (Å²) in [5.41, 5.74) is 2.96. The van der Waals surface area contributed by atoms with Gasteiger partial charge in [0.15, 0.2) is 0 Å². The molecule has 6 rings (SSSR count). The molecule has 1 aliphatic carbocycles. The average Bonchev–Trinajstić information content (AvgIpc) is 2.87. The van der Waals surface area contributed by atoms with Crippen molar-refractivity contribution in [2.45, 2.75) is 31.7 Å². The molecule has 1 N–H and O–H groups in total. The molecule has 0 radical (unpaired) electrons. The van der Waals surface area contributed by atoms with Crippen molar-refractivity contribution < 1.29 is 14.3 Å². The van der Waals surface area contributed by atoms with Gasteiger partial charge in [0.25, 0.3) is 0 Å². The van der Waals surface area contributed by atoms with Crippen LogP contribution in [0.5, 0.6) is 0 Å². The van der Waals surface area contributed by atoms with Crippen molar-refractivity contribution >= 4 is 40.4 Å². The number of ether oxygens (including phenoxy) is 1. The zero-order valence-corrected chi connectivity index (χ0v) is 18.7. The number of esters is 1. The molecule has 1 amide bonds. The van der Waals surface area contributed by atoms with E-state index in [0.29, 0.717) is 11.6 Å². The van der Waals surface area contributed by atoms with Gasteiger partial charge in [0.05, 0.1) is 18.2 Å². The van der Waals surface area contributed by atoms with E-state index >= 15 is 0 Å². The summed E-state index contributed by atoms with van der Waals surface area (Å²) < 4.78 is 4.69. The van der Waals surface area contributed by atoms with Gasteiger partial charge in [-0.15, -0.1) is 0 Å². The topological polar surface area (TPSA) is 71.5 Å². The number of pyridine rings is 1. The number of anilines is 2. The van der Waals surface area contributed by atoms with Crippen LogP contribution < -0.4 is 10.2 Å². The second kappa shape index (κ2) is 9.06. The molecule has 1 aromatic heterocycles. The van der Waals surface area contributed by atoms with Gasteiger partial charge in [0.2, 0.25) is 5.91 Å². The first-order valence-electron chi connectivity index (χ1n) is 11.4. The van der Waals surface area contributed by atoms with E-state index in [1.165, 1.54) is 38.9 Å². The maximum Gasteiger partial charge on any atom is 0.337 e. The van der Waals surface area contributed by atoms with Crippen LogP contribution in [0.4, 0.5) is 11.5 Å². The van der Waals surface area contributed by atoms with Crippen LogP contribution in [0.2, 0.25) is 0 Å². The lowest BCUT2D eigenvalue weighted by atomic mass is 9.80. The summed E-state index contributed by atoms with van der Waals surface area (Å²) in [6, 6.07) is 17.5.